The summed E-state index contributed by atoms with van der Waals surface area (Å²) in [5.74, 6) is 0.406. The number of aliphatic hydroxyl groups excluding tert-OH is 1. The molecule has 1 atom stereocenters. The zero-order valence-electron chi connectivity index (χ0n) is 11.7. The molecule has 0 aliphatic rings. The van der Waals surface area contributed by atoms with E-state index < -0.39 is 6.10 Å². The van der Waals surface area contributed by atoms with Gasteiger partial charge in [0.25, 0.3) is 5.91 Å². The summed E-state index contributed by atoms with van der Waals surface area (Å²) in [7, 11) is 0. The molecule has 1 heterocycles. The van der Waals surface area contributed by atoms with Gasteiger partial charge in [-0.3, -0.25) is 4.79 Å². The minimum atomic E-state index is -0.691. The molecule has 0 saturated heterocycles. The molecular formula is C16H19NO3. The molecule has 1 aromatic heterocycles. The standard InChI is InChI=1S/C16H19NO3/c1-11-5-6-12(2)13(10-11)16(19)17-8-7-14(18)15-4-3-9-20-15/h3-6,9-10,14,18H,7-8H2,1-2H3,(H,17,19)/t14-/m0/s1. The molecule has 0 aliphatic heterocycles. The molecule has 4 heteroatoms. The van der Waals surface area contributed by atoms with Crippen LogP contribution in [0.3, 0.4) is 0 Å². The molecule has 1 amide bonds. The van der Waals surface area contributed by atoms with Crippen LogP contribution in [0.25, 0.3) is 0 Å². The highest BCUT2D eigenvalue weighted by Gasteiger charge is 2.12. The lowest BCUT2D eigenvalue weighted by atomic mass is 10.1. The molecule has 2 rings (SSSR count). The van der Waals surface area contributed by atoms with Gasteiger partial charge in [0.2, 0.25) is 0 Å². The normalized spacial score (nSPS) is 12.2. The Labute approximate surface area is 118 Å². The highest BCUT2D eigenvalue weighted by atomic mass is 16.4. The first-order chi connectivity index (χ1) is 9.58. The van der Waals surface area contributed by atoms with Gasteiger partial charge in [0.05, 0.1) is 6.26 Å². The molecule has 20 heavy (non-hydrogen) atoms. The van der Waals surface area contributed by atoms with Gasteiger partial charge in [-0.2, -0.15) is 0 Å². The van der Waals surface area contributed by atoms with Crippen molar-refractivity contribution in [2.24, 2.45) is 0 Å². The monoisotopic (exact) mass is 273 g/mol. The van der Waals surface area contributed by atoms with Crippen molar-refractivity contribution in [3.05, 3.63) is 59.0 Å². The van der Waals surface area contributed by atoms with E-state index in [0.717, 1.165) is 11.1 Å². The van der Waals surface area contributed by atoms with Crippen molar-refractivity contribution >= 4 is 5.91 Å². The van der Waals surface area contributed by atoms with Gasteiger partial charge < -0.3 is 14.8 Å². The van der Waals surface area contributed by atoms with Crippen molar-refractivity contribution in [3.8, 4) is 0 Å². The lowest BCUT2D eigenvalue weighted by Crippen LogP contribution is -2.26. The molecule has 0 radical (unpaired) electrons. The number of hydrogen-bond acceptors (Lipinski definition) is 3. The van der Waals surface area contributed by atoms with Gasteiger partial charge >= 0.3 is 0 Å². The summed E-state index contributed by atoms with van der Waals surface area (Å²) >= 11 is 0. The number of amides is 1. The third-order valence-corrected chi connectivity index (χ3v) is 3.21. The molecule has 0 aliphatic carbocycles. The van der Waals surface area contributed by atoms with E-state index in [1.807, 2.05) is 32.0 Å². The predicted octanol–water partition coefficient (Wildman–Crippen LogP) is 2.75. The number of aryl methyl sites for hydroxylation is 2. The molecule has 0 saturated carbocycles. The summed E-state index contributed by atoms with van der Waals surface area (Å²) in [5, 5.41) is 12.7. The van der Waals surface area contributed by atoms with Gasteiger partial charge in [0, 0.05) is 12.1 Å². The van der Waals surface area contributed by atoms with Crippen molar-refractivity contribution in [1.82, 2.24) is 5.32 Å². The van der Waals surface area contributed by atoms with Crippen LogP contribution in [-0.4, -0.2) is 17.6 Å². The Balaban J connectivity index is 1.88. The van der Waals surface area contributed by atoms with E-state index in [9.17, 15) is 9.90 Å². The van der Waals surface area contributed by atoms with Crippen LogP contribution in [0.5, 0.6) is 0 Å². The Hall–Kier alpha value is -2.07. The second-order valence-corrected chi connectivity index (χ2v) is 4.89. The lowest BCUT2D eigenvalue weighted by molar-refractivity contribution is 0.0935. The van der Waals surface area contributed by atoms with Crippen molar-refractivity contribution in [1.29, 1.82) is 0 Å². The van der Waals surface area contributed by atoms with Crippen molar-refractivity contribution in [2.45, 2.75) is 26.4 Å². The maximum Gasteiger partial charge on any atom is 0.251 e. The van der Waals surface area contributed by atoms with Crippen molar-refractivity contribution in [2.75, 3.05) is 6.54 Å². The third-order valence-electron chi connectivity index (χ3n) is 3.21. The Kier molecular flexibility index (Phi) is 4.58. The van der Waals surface area contributed by atoms with Crippen LogP contribution in [0.2, 0.25) is 0 Å². The van der Waals surface area contributed by atoms with E-state index in [0.29, 0.717) is 24.3 Å². The number of benzene rings is 1. The fraction of sp³-hybridized carbons (Fsp3) is 0.312. The fourth-order valence-electron chi connectivity index (χ4n) is 2.02. The molecule has 0 fully saturated rings. The SMILES string of the molecule is Cc1ccc(C)c(C(=O)NCC[C@H](O)c2ccco2)c1. The summed E-state index contributed by atoms with van der Waals surface area (Å²) in [6.45, 7) is 4.26. The average molecular weight is 273 g/mol. The molecule has 0 unspecified atom stereocenters. The topological polar surface area (TPSA) is 62.5 Å². The number of hydrogen-bond donors (Lipinski definition) is 2. The summed E-state index contributed by atoms with van der Waals surface area (Å²) in [4.78, 5) is 12.1. The van der Waals surface area contributed by atoms with Gasteiger partial charge in [-0.15, -0.1) is 0 Å². The Morgan fingerprint density at radius 2 is 2.15 bits per heavy atom. The predicted molar refractivity (Wildman–Crippen MR) is 76.5 cm³/mol. The van der Waals surface area contributed by atoms with Crippen molar-refractivity contribution in [3.63, 3.8) is 0 Å². The summed E-state index contributed by atoms with van der Waals surface area (Å²) in [5.41, 5.74) is 2.67. The van der Waals surface area contributed by atoms with Crippen LogP contribution < -0.4 is 5.32 Å². The first-order valence-corrected chi connectivity index (χ1v) is 6.65. The highest BCUT2D eigenvalue weighted by Crippen LogP contribution is 2.16. The van der Waals surface area contributed by atoms with Crippen LogP contribution in [-0.2, 0) is 0 Å². The summed E-state index contributed by atoms with van der Waals surface area (Å²) < 4.78 is 5.11. The second-order valence-electron chi connectivity index (χ2n) is 4.89. The molecule has 106 valence electrons. The zero-order valence-corrected chi connectivity index (χ0v) is 11.7. The van der Waals surface area contributed by atoms with E-state index in [-0.39, 0.29) is 5.91 Å². The average Bonchev–Trinajstić information content (AvgIpc) is 2.95. The quantitative estimate of drug-likeness (QED) is 0.880. The zero-order chi connectivity index (χ0) is 14.5. The first kappa shape index (κ1) is 14.3. The minimum Gasteiger partial charge on any atom is -0.467 e. The van der Waals surface area contributed by atoms with E-state index in [1.165, 1.54) is 6.26 Å². The maximum atomic E-state index is 12.1. The Bertz CT molecular complexity index is 575. The second kappa shape index (κ2) is 6.39. The smallest absolute Gasteiger partial charge is 0.251 e. The van der Waals surface area contributed by atoms with E-state index in [2.05, 4.69) is 5.32 Å². The highest BCUT2D eigenvalue weighted by molar-refractivity contribution is 5.95. The summed E-state index contributed by atoms with van der Waals surface area (Å²) in [6, 6.07) is 9.23. The Morgan fingerprint density at radius 1 is 1.35 bits per heavy atom. The lowest BCUT2D eigenvalue weighted by Gasteiger charge is -2.10. The first-order valence-electron chi connectivity index (χ1n) is 6.65. The minimum absolute atomic E-state index is 0.113. The van der Waals surface area contributed by atoms with Gasteiger partial charge in [-0.1, -0.05) is 17.7 Å². The third kappa shape index (κ3) is 3.48. The molecule has 2 N–H and O–H groups in total. The molecule has 0 bridgehead atoms. The number of furan rings is 1. The van der Waals surface area contributed by atoms with Crippen LogP contribution in [0.4, 0.5) is 0 Å². The van der Waals surface area contributed by atoms with Crippen molar-refractivity contribution < 1.29 is 14.3 Å². The molecule has 0 spiro atoms. The number of aliphatic hydroxyl groups is 1. The molecule has 1 aromatic carbocycles. The van der Waals surface area contributed by atoms with Gasteiger partial charge in [-0.05, 0) is 44.0 Å². The number of carbonyl (C=O) groups is 1. The molecule has 2 aromatic rings. The largest absolute Gasteiger partial charge is 0.467 e. The van der Waals surface area contributed by atoms with Crippen LogP contribution >= 0.6 is 0 Å². The summed E-state index contributed by atoms with van der Waals surface area (Å²) in [6.07, 6.45) is 1.25. The van der Waals surface area contributed by atoms with E-state index in [1.54, 1.807) is 12.1 Å². The number of rotatable bonds is 5. The van der Waals surface area contributed by atoms with Crippen LogP contribution in [0, 0.1) is 13.8 Å². The van der Waals surface area contributed by atoms with E-state index >= 15 is 0 Å². The molecule has 4 nitrogen and oxygen atoms in total. The fourth-order valence-corrected chi connectivity index (χ4v) is 2.02. The number of nitrogens with one attached hydrogen (secondary N) is 1. The van der Waals surface area contributed by atoms with Gasteiger partial charge in [0.15, 0.2) is 0 Å². The van der Waals surface area contributed by atoms with Crippen LogP contribution in [0.15, 0.2) is 41.0 Å². The van der Waals surface area contributed by atoms with E-state index in [4.69, 9.17) is 4.42 Å². The maximum absolute atomic E-state index is 12.1. The van der Waals surface area contributed by atoms with Crippen LogP contribution in [0.1, 0.15) is 39.8 Å². The van der Waals surface area contributed by atoms with Gasteiger partial charge in [0.1, 0.15) is 11.9 Å². The number of carbonyl (C=O) groups excluding carboxylic acids is 1. The molecular weight excluding hydrogens is 254 g/mol. The van der Waals surface area contributed by atoms with Gasteiger partial charge in [-0.25, -0.2) is 0 Å². The Morgan fingerprint density at radius 3 is 2.85 bits per heavy atom.